The van der Waals surface area contributed by atoms with Crippen LogP contribution in [0.5, 0.6) is 5.75 Å². The molecule has 0 amide bonds. The third-order valence-corrected chi connectivity index (χ3v) is 3.87. The van der Waals surface area contributed by atoms with Crippen LogP contribution in [0.15, 0.2) is 73.1 Å². The van der Waals surface area contributed by atoms with E-state index in [0.29, 0.717) is 0 Å². The van der Waals surface area contributed by atoms with Gasteiger partial charge in [-0.3, -0.25) is 9.78 Å². The number of esters is 1. The molecule has 1 heterocycles. The Kier molecular flexibility index (Phi) is 5.99. The monoisotopic (exact) mass is 347 g/mol. The number of carbonyl (C=O) groups excluding carboxylic acids is 1. The molecule has 3 aromatic rings. The minimum Gasteiger partial charge on any atom is -0.492 e. The van der Waals surface area contributed by atoms with Crippen LogP contribution in [0.25, 0.3) is 11.1 Å². The number of hydrogen-bond acceptors (Lipinski definition) is 4. The van der Waals surface area contributed by atoms with Crippen LogP contribution >= 0.6 is 0 Å². The average Bonchev–Trinajstić information content (AvgIpc) is 2.67. The van der Waals surface area contributed by atoms with Crippen LogP contribution in [0.3, 0.4) is 0 Å². The summed E-state index contributed by atoms with van der Waals surface area (Å²) in [6.45, 7) is 2.46. The molecule has 0 aliphatic heterocycles. The first-order valence-corrected chi connectivity index (χ1v) is 8.56. The molecule has 0 saturated heterocycles. The Morgan fingerprint density at radius 2 is 1.77 bits per heavy atom. The zero-order chi connectivity index (χ0) is 18.2. The Morgan fingerprint density at radius 1 is 1.00 bits per heavy atom. The second-order valence-corrected chi connectivity index (χ2v) is 5.99. The molecule has 0 bridgehead atoms. The highest BCUT2D eigenvalue weighted by Gasteiger charge is 2.08. The van der Waals surface area contributed by atoms with Crippen LogP contribution in [-0.4, -0.2) is 17.6 Å². The highest BCUT2D eigenvalue weighted by Crippen LogP contribution is 2.29. The van der Waals surface area contributed by atoms with E-state index in [1.54, 1.807) is 12.4 Å². The number of benzene rings is 2. The molecule has 26 heavy (non-hydrogen) atoms. The third-order valence-electron chi connectivity index (χ3n) is 3.87. The topological polar surface area (TPSA) is 48.4 Å². The van der Waals surface area contributed by atoms with Gasteiger partial charge in [-0.15, -0.1) is 0 Å². The largest absolute Gasteiger partial charge is 0.492 e. The summed E-state index contributed by atoms with van der Waals surface area (Å²) in [6, 6.07) is 19.8. The fourth-order valence-electron chi connectivity index (χ4n) is 2.63. The molecular formula is C22H21NO3. The van der Waals surface area contributed by atoms with Crippen molar-refractivity contribution in [1.82, 2.24) is 4.98 Å². The van der Waals surface area contributed by atoms with Crippen molar-refractivity contribution in [3.8, 4) is 16.9 Å². The van der Waals surface area contributed by atoms with E-state index in [2.05, 4.69) is 4.98 Å². The summed E-state index contributed by atoms with van der Waals surface area (Å²) in [7, 11) is 0. The molecule has 1 aromatic heterocycles. The molecule has 0 unspecified atom stereocenters. The molecule has 0 N–H and O–H groups in total. The number of para-hydroxylation sites is 1. The molecule has 2 aromatic carbocycles. The Morgan fingerprint density at radius 3 is 2.58 bits per heavy atom. The molecule has 0 saturated carbocycles. The maximum Gasteiger partial charge on any atom is 0.309 e. The predicted octanol–water partition coefficient (Wildman–Crippen LogP) is 4.57. The van der Waals surface area contributed by atoms with Crippen molar-refractivity contribution in [2.24, 2.45) is 0 Å². The molecule has 3 rings (SSSR count). The first-order valence-electron chi connectivity index (χ1n) is 8.56. The lowest BCUT2D eigenvalue weighted by Gasteiger charge is -2.11. The van der Waals surface area contributed by atoms with Gasteiger partial charge in [0.05, 0.1) is 13.0 Å². The van der Waals surface area contributed by atoms with Crippen molar-refractivity contribution in [3.05, 3.63) is 84.2 Å². The molecular weight excluding hydrogens is 326 g/mol. The zero-order valence-corrected chi connectivity index (χ0v) is 14.7. The maximum atomic E-state index is 11.9. The van der Waals surface area contributed by atoms with Crippen molar-refractivity contribution in [1.29, 1.82) is 0 Å². The minimum atomic E-state index is -0.288. The van der Waals surface area contributed by atoms with Crippen LogP contribution in [0, 0.1) is 6.92 Å². The van der Waals surface area contributed by atoms with Gasteiger partial charge in [0.2, 0.25) is 0 Å². The highest BCUT2D eigenvalue weighted by atomic mass is 16.5. The molecule has 132 valence electrons. The van der Waals surface area contributed by atoms with Crippen molar-refractivity contribution < 1.29 is 14.3 Å². The molecule has 0 radical (unpaired) electrons. The van der Waals surface area contributed by atoms with Gasteiger partial charge in [-0.25, -0.2) is 0 Å². The summed E-state index contributed by atoms with van der Waals surface area (Å²) in [4.78, 5) is 16.0. The van der Waals surface area contributed by atoms with Gasteiger partial charge in [0.25, 0.3) is 0 Å². The lowest BCUT2D eigenvalue weighted by molar-refractivity contribution is -0.145. The van der Waals surface area contributed by atoms with E-state index in [9.17, 15) is 4.79 Å². The SMILES string of the molecule is Cc1cncc(COC(=O)CCOc2ccccc2-c2ccccc2)c1. The normalized spacial score (nSPS) is 10.3. The van der Waals surface area contributed by atoms with E-state index in [1.165, 1.54) is 0 Å². The Hall–Kier alpha value is -3.14. The first kappa shape index (κ1) is 17.7. The van der Waals surface area contributed by atoms with E-state index in [-0.39, 0.29) is 25.6 Å². The summed E-state index contributed by atoms with van der Waals surface area (Å²) >= 11 is 0. The van der Waals surface area contributed by atoms with E-state index in [1.807, 2.05) is 67.6 Å². The molecule has 0 spiro atoms. The number of carbonyl (C=O) groups is 1. The average molecular weight is 347 g/mol. The van der Waals surface area contributed by atoms with Crippen molar-refractivity contribution in [2.75, 3.05) is 6.61 Å². The van der Waals surface area contributed by atoms with E-state index in [0.717, 1.165) is 28.0 Å². The van der Waals surface area contributed by atoms with Gasteiger partial charge in [0.15, 0.2) is 0 Å². The van der Waals surface area contributed by atoms with Gasteiger partial charge in [0.1, 0.15) is 12.4 Å². The Labute approximate surface area is 153 Å². The molecule has 0 fully saturated rings. The molecule has 4 heteroatoms. The standard InChI is InChI=1S/C22H21NO3/c1-17-13-18(15-23-14-17)16-26-22(24)11-12-25-21-10-6-5-9-20(21)19-7-3-2-4-8-19/h2-10,13-15H,11-12,16H2,1H3. The fraction of sp³-hybridized carbons (Fsp3) is 0.182. The molecule has 4 nitrogen and oxygen atoms in total. The number of aryl methyl sites for hydroxylation is 1. The Bertz CT molecular complexity index is 862. The van der Waals surface area contributed by atoms with Gasteiger partial charge < -0.3 is 9.47 Å². The zero-order valence-electron chi connectivity index (χ0n) is 14.7. The van der Waals surface area contributed by atoms with Crippen molar-refractivity contribution in [3.63, 3.8) is 0 Å². The van der Waals surface area contributed by atoms with Gasteiger partial charge in [-0.2, -0.15) is 0 Å². The summed E-state index contributed by atoms with van der Waals surface area (Å²) in [5.74, 6) is 0.470. The maximum absolute atomic E-state index is 11.9. The van der Waals surface area contributed by atoms with Gasteiger partial charge in [-0.05, 0) is 30.2 Å². The minimum absolute atomic E-state index is 0.197. The fourth-order valence-corrected chi connectivity index (χ4v) is 2.63. The van der Waals surface area contributed by atoms with E-state index in [4.69, 9.17) is 9.47 Å². The molecule has 0 aliphatic rings. The second kappa shape index (κ2) is 8.81. The Balaban J connectivity index is 1.51. The predicted molar refractivity (Wildman–Crippen MR) is 101 cm³/mol. The van der Waals surface area contributed by atoms with Crippen LogP contribution in [-0.2, 0) is 16.1 Å². The third kappa shape index (κ3) is 4.93. The number of rotatable bonds is 7. The van der Waals surface area contributed by atoms with Gasteiger partial charge in [0, 0.05) is 23.5 Å². The number of hydrogen-bond donors (Lipinski definition) is 0. The first-order chi connectivity index (χ1) is 12.7. The summed E-state index contributed by atoms with van der Waals surface area (Å²) in [5, 5.41) is 0. The van der Waals surface area contributed by atoms with Crippen LogP contribution in [0.4, 0.5) is 0 Å². The number of nitrogens with zero attached hydrogens (tertiary/aromatic N) is 1. The summed E-state index contributed by atoms with van der Waals surface area (Å²) in [5.41, 5.74) is 4.01. The van der Waals surface area contributed by atoms with Gasteiger partial charge in [-0.1, -0.05) is 48.5 Å². The summed E-state index contributed by atoms with van der Waals surface area (Å²) in [6.07, 6.45) is 3.67. The van der Waals surface area contributed by atoms with Crippen molar-refractivity contribution >= 4 is 5.97 Å². The van der Waals surface area contributed by atoms with Crippen LogP contribution in [0.2, 0.25) is 0 Å². The van der Waals surface area contributed by atoms with Crippen LogP contribution in [0.1, 0.15) is 17.5 Å². The molecule has 0 atom stereocenters. The number of pyridine rings is 1. The number of aromatic nitrogens is 1. The van der Waals surface area contributed by atoms with E-state index < -0.39 is 0 Å². The highest BCUT2D eigenvalue weighted by molar-refractivity contribution is 5.71. The van der Waals surface area contributed by atoms with Crippen LogP contribution < -0.4 is 4.74 Å². The number of ether oxygens (including phenoxy) is 2. The lowest BCUT2D eigenvalue weighted by atomic mass is 10.1. The van der Waals surface area contributed by atoms with Gasteiger partial charge >= 0.3 is 5.97 Å². The van der Waals surface area contributed by atoms with Crippen molar-refractivity contribution in [2.45, 2.75) is 20.0 Å². The van der Waals surface area contributed by atoms with E-state index >= 15 is 0 Å². The second-order valence-electron chi connectivity index (χ2n) is 5.99. The lowest BCUT2D eigenvalue weighted by Crippen LogP contribution is -2.10. The quantitative estimate of drug-likeness (QED) is 0.588. The summed E-state index contributed by atoms with van der Waals surface area (Å²) < 4.78 is 11.1. The smallest absolute Gasteiger partial charge is 0.309 e. The molecule has 0 aliphatic carbocycles.